The molecule has 38 heavy (non-hydrogen) atoms. The summed E-state index contributed by atoms with van der Waals surface area (Å²) in [5, 5.41) is 9.97. The van der Waals surface area contributed by atoms with E-state index in [0.29, 0.717) is 28.0 Å². The number of thioether (sulfide) groups is 1. The van der Waals surface area contributed by atoms with Crippen LogP contribution >= 0.6 is 23.4 Å². The van der Waals surface area contributed by atoms with Crippen molar-refractivity contribution < 1.29 is 19.1 Å². The fraction of sp³-hybridized carbons (Fsp3) is 0.214. The van der Waals surface area contributed by atoms with Crippen molar-refractivity contribution in [3.05, 3.63) is 88.9 Å². The summed E-state index contributed by atoms with van der Waals surface area (Å²) in [5.41, 5.74) is 3.44. The summed E-state index contributed by atoms with van der Waals surface area (Å²) in [4.78, 5) is 29.8. The van der Waals surface area contributed by atoms with Crippen LogP contribution in [0.2, 0.25) is 5.02 Å². The minimum atomic E-state index is -0.630. The third kappa shape index (κ3) is 5.69. The Kier molecular flexibility index (Phi) is 7.67. The molecule has 0 aliphatic carbocycles. The normalized spacial score (nSPS) is 18.7. The third-order valence-electron chi connectivity index (χ3n) is 6.26. The average Bonchev–Trinajstić information content (AvgIpc) is 3.53. The number of carbonyl (C=O) groups excluding carboxylic acids is 2. The molecule has 1 N–H and O–H groups in total. The van der Waals surface area contributed by atoms with Crippen LogP contribution in [0, 0.1) is 0 Å². The summed E-state index contributed by atoms with van der Waals surface area (Å²) in [6, 6.07) is 22.1. The summed E-state index contributed by atoms with van der Waals surface area (Å²) >= 11 is 7.34. The first-order valence-corrected chi connectivity index (χ1v) is 13.2. The highest BCUT2D eigenvalue weighted by Gasteiger charge is 2.39. The minimum Gasteiger partial charge on any atom is -0.497 e. The molecule has 2 heterocycles. The summed E-state index contributed by atoms with van der Waals surface area (Å²) < 4.78 is 10.5. The zero-order valence-corrected chi connectivity index (χ0v) is 22.3. The Hall–Kier alpha value is -3.82. The van der Waals surface area contributed by atoms with Crippen LogP contribution in [0.1, 0.15) is 30.0 Å². The molecule has 5 rings (SSSR count). The number of rotatable bonds is 7. The van der Waals surface area contributed by atoms with Crippen molar-refractivity contribution in [1.82, 2.24) is 5.01 Å². The molecule has 3 aromatic rings. The quantitative estimate of drug-likeness (QED) is 0.417. The second-order valence-corrected chi connectivity index (χ2v) is 10.3. The average molecular weight is 549 g/mol. The zero-order valence-electron chi connectivity index (χ0n) is 20.8. The van der Waals surface area contributed by atoms with Crippen LogP contribution in [0.4, 0.5) is 5.69 Å². The minimum absolute atomic E-state index is 0.00265. The van der Waals surface area contributed by atoms with Gasteiger partial charge in [-0.15, -0.1) is 0 Å². The van der Waals surface area contributed by atoms with E-state index in [2.05, 4.69) is 10.3 Å². The Morgan fingerprint density at radius 2 is 1.63 bits per heavy atom. The van der Waals surface area contributed by atoms with Crippen LogP contribution in [0.15, 0.2) is 82.9 Å². The predicted molar refractivity (Wildman–Crippen MR) is 150 cm³/mol. The lowest BCUT2D eigenvalue weighted by atomic mass is 9.98. The molecule has 0 bridgehead atoms. The number of hydrogen-bond donors (Lipinski definition) is 1. The van der Waals surface area contributed by atoms with Crippen molar-refractivity contribution in [2.24, 2.45) is 10.1 Å². The second-order valence-electron chi connectivity index (χ2n) is 8.71. The Bertz CT molecular complexity index is 1390. The van der Waals surface area contributed by atoms with Gasteiger partial charge in [0.25, 0.3) is 5.91 Å². The van der Waals surface area contributed by atoms with E-state index in [4.69, 9.17) is 26.2 Å². The lowest BCUT2D eigenvalue weighted by Gasteiger charge is -2.23. The van der Waals surface area contributed by atoms with E-state index < -0.39 is 5.25 Å². The number of nitrogens with zero attached hydrogens (tertiary/aromatic N) is 3. The number of amidine groups is 1. The third-order valence-corrected chi connectivity index (χ3v) is 7.65. The van der Waals surface area contributed by atoms with E-state index in [1.54, 1.807) is 43.5 Å². The molecular formula is C28H25ClN4O4S. The number of amides is 2. The Balaban J connectivity index is 1.33. The van der Waals surface area contributed by atoms with Crippen molar-refractivity contribution >= 4 is 51.7 Å². The highest BCUT2D eigenvalue weighted by molar-refractivity contribution is 8.15. The van der Waals surface area contributed by atoms with Crippen molar-refractivity contribution in [1.29, 1.82) is 0 Å². The predicted octanol–water partition coefficient (Wildman–Crippen LogP) is 5.54. The first-order valence-electron chi connectivity index (χ1n) is 11.9. The fourth-order valence-electron chi connectivity index (χ4n) is 4.25. The molecule has 2 amide bonds. The molecule has 0 saturated heterocycles. The Morgan fingerprint density at radius 1 is 1.00 bits per heavy atom. The number of carbonyl (C=O) groups is 2. The molecule has 0 aromatic heterocycles. The van der Waals surface area contributed by atoms with E-state index in [1.807, 2.05) is 48.5 Å². The first-order chi connectivity index (χ1) is 18.4. The number of anilines is 1. The van der Waals surface area contributed by atoms with Gasteiger partial charge in [0.15, 0.2) is 5.17 Å². The molecule has 2 aliphatic heterocycles. The van der Waals surface area contributed by atoms with E-state index in [9.17, 15) is 9.59 Å². The van der Waals surface area contributed by atoms with Gasteiger partial charge in [0.05, 0.1) is 26.0 Å². The van der Waals surface area contributed by atoms with Crippen LogP contribution in [-0.4, -0.2) is 47.2 Å². The lowest BCUT2D eigenvalue weighted by molar-refractivity contribution is -0.121. The maximum atomic E-state index is 12.8. The van der Waals surface area contributed by atoms with Gasteiger partial charge in [-0.3, -0.25) is 9.59 Å². The second kappa shape index (κ2) is 11.3. The van der Waals surface area contributed by atoms with Crippen LogP contribution in [0.5, 0.6) is 11.5 Å². The van der Waals surface area contributed by atoms with Gasteiger partial charge in [0, 0.05) is 23.6 Å². The largest absolute Gasteiger partial charge is 0.497 e. The Labute approximate surface area is 229 Å². The standard InChI is InChI=1S/C28H25ClN4O4S/c1-36-21-11-5-18(6-12-21)24-15-23(17-3-7-19(29)8-4-17)32-33(24)28-31-27(35)25(38-28)16-26(34)30-20-9-13-22(37-2)14-10-20/h3-14,24-25H,15-16H2,1-2H3,(H,30,34)/t24-,25+/m0/s1. The summed E-state index contributed by atoms with van der Waals surface area (Å²) in [6.07, 6.45) is 0.613. The smallest absolute Gasteiger partial charge is 0.262 e. The number of hydrogen-bond acceptors (Lipinski definition) is 7. The van der Waals surface area contributed by atoms with Crippen LogP contribution in [-0.2, 0) is 9.59 Å². The molecule has 194 valence electrons. The zero-order chi connectivity index (χ0) is 26.6. The number of ether oxygens (including phenoxy) is 2. The molecule has 0 radical (unpaired) electrons. The lowest BCUT2D eigenvalue weighted by Crippen LogP contribution is -2.25. The molecule has 10 heteroatoms. The van der Waals surface area contributed by atoms with Crippen LogP contribution < -0.4 is 14.8 Å². The van der Waals surface area contributed by atoms with Crippen molar-refractivity contribution in [3.63, 3.8) is 0 Å². The molecule has 2 atom stereocenters. The van der Waals surface area contributed by atoms with Crippen LogP contribution in [0.3, 0.4) is 0 Å². The van der Waals surface area contributed by atoms with Crippen molar-refractivity contribution in [3.8, 4) is 11.5 Å². The number of nitrogens with one attached hydrogen (secondary N) is 1. The first kappa shape index (κ1) is 25.8. The molecule has 2 aliphatic rings. The molecule has 8 nitrogen and oxygen atoms in total. The monoisotopic (exact) mass is 548 g/mol. The van der Waals surface area contributed by atoms with E-state index >= 15 is 0 Å². The van der Waals surface area contributed by atoms with E-state index in [-0.39, 0.29) is 24.3 Å². The van der Waals surface area contributed by atoms with Crippen molar-refractivity contribution in [2.45, 2.75) is 24.1 Å². The number of halogens is 1. The molecule has 0 saturated carbocycles. The molecular weight excluding hydrogens is 524 g/mol. The van der Waals surface area contributed by atoms with E-state index in [0.717, 1.165) is 22.6 Å². The summed E-state index contributed by atoms with van der Waals surface area (Å²) in [6.45, 7) is 0. The summed E-state index contributed by atoms with van der Waals surface area (Å²) in [5.74, 6) is 0.829. The molecule has 3 aromatic carbocycles. The van der Waals surface area contributed by atoms with Gasteiger partial charge < -0.3 is 14.8 Å². The number of methoxy groups -OCH3 is 2. The van der Waals surface area contributed by atoms with Gasteiger partial charge in [-0.25, -0.2) is 5.01 Å². The van der Waals surface area contributed by atoms with Crippen LogP contribution in [0.25, 0.3) is 0 Å². The van der Waals surface area contributed by atoms with Gasteiger partial charge in [-0.2, -0.15) is 10.1 Å². The van der Waals surface area contributed by atoms with Gasteiger partial charge >= 0.3 is 0 Å². The maximum absolute atomic E-state index is 12.8. The highest BCUT2D eigenvalue weighted by atomic mass is 35.5. The topological polar surface area (TPSA) is 92.6 Å². The van der Waals surface area contributed by atoms with Crippen molar-refractivity contribution in [2.75, 3.05) is 19.5 Å². The van der Waals surface area contributed by atoms with Gasteiger partial charge in [0.1, 0.15) is 16.7 Å². The SMILES string of the molecule is COc1ccc(NC(=O)C[C@H]2SC(N3N=C(c4ccc(Cl)cc4)C[C@H]3c3ccc(OC)cc3)=NC2=O)cc1. The van der Waals surface area contributed by atoms with E-state index in [1.165, 1.54) is 11.8 Å². The molecule has 0 fully saturated rings. The van der Waals surface area contributed by atoms with Gasteiger partial charge in [0.2, 0.25) is 5.91 Å². The van der Waals surface area contributed by atoms with Gasteiger partial charge in [-0.05, 0) is 59.7 Å². The highest BCUT2D eigenvalue weighted by Crippen LogP contribution is 2.39. The number of aliphatic imine (C=N–C) groups is 1. The van der Waals surface area contributed by atoms with Gasteiger partial charge in [-0.1, -0.05) is 47.6 Å². The number of benzene rings is 3. The summed E-state index contributed by atoms with van der Waals surface area (Å²) in [7, 11) is 3.20. The molecule has 0 spiro atoms. The number of hydrazone groups is 1. The fourth-order valence-corrected chi connectivity index (χ4v) is 5.44. The maximum Gasteiger partial charge on any atom is 0.262 e. The molecule has 0 unspecified atom stereocenters. The Morgan fingerprint density at radius 3 is 2.26 bits per heavy atom.